The van der Waals surface area contributed by atoms with E-state index in [0.717, 1.165) is 5.56 Å². The van der Waals surface area contributed by atoms with Gasteiger partial charge in [0.15, 0.2) is 0 Å². The average Bonchev–Trinajstić information content (AvgIpc) is 2.34. The predicted octanol–water partition coefficient (Wildman–Crippen LogP) is 2.47. The summed E-state index contributed by atoms with van der Waals surface area (Å²) in [6, 6.07) is 3.49. The first-order valence-corrected chi connectivity index (χ1v) is 6.33. The highest BCUT2D eigenvalue weighted by Gasteiger charge is 2.36. The van der Waals surface area contributed by atoms with Crippen LogP contribution in [0.1, 0.15) is 24.4 Å². The minimum absolute atomic E-state index is 0.124. The van der Waals surface area contributed by atoms with Crippen molar-refractivity contribution in [2.75, 3.05) is 19.6 Å². The highest BCUT2D eigenvalue weighted by Crippen LogP contribution is 2.33. The fraction of sp³-hybridized carbons (Fsp3) is 0.583. The molecule has 1 saturated heterocycles. The van der Waals surface area contributed by atoms with Crippen molar-refractivity contribution in [1.29, 1.82) is 0 Å². The molecular formula is C12H16ClF2N3. The molecule has 1 atom stereocenters. The lowest BCUT2D eigenvalue weighted by Crippen LogP contribution is -2.43. The van der Waals surface area contributed by atoms with Gasteiger partial charge in [0, 0.05) is 44.2 Å². The summed E-state index contributed by atoms with van der Waals surface area (Å²) in [7, 11) is 0. The van der Waals surface area contributed by atoms with E-state index in [1.165, 1.54) is 0 Å². The highest BCUT2D eigenvalue weighted by molar-refractivity contribution is 6.30. The van der Waals surface area contributed by atoms with Crippen LogP contribution in [-0.2, 0) is 0 Å². The van der Waals surface area contributed by atoms with Gasteiger partial charge >= 0.3 is 0 Å². The Kier molecular flexibility index (Phi) is 4.14. The van der Waals surface area contributed by atoms with Gasteiger partial charge in [-0.15, -0.1) is 0 Å². The Hall–Kier alpha value is -0.780. The molecule has 0 radical (unpaired) electrons. The molecule has 0 aliphatic carbocycles. The van der Waals surface area contributed by atoms with Crippen LogP contribution in [0.5, 0.6) is 0 Å². The third-order valence-electron chi connectivity index (χ3n) is 3.34. The Morgan fingerprint density at radius 3 is 2.67 bits per heavy atom. The lowest BCUT2D eigenvalue weighted by atomic mass is 10.0. The zero-order valence-corrected chi connectivity index (χ0v) is 10.7. The highest BCUT2D eigenvalue weighted by atomic mass is 35.5. The molecule has 6 heteroatoms. The van der Waals surface area contributed by atoms with Gasteiger partial charge in [0.05, 0.1) is 6.04 Å². The summed E-state index contributed by atoms with van der Waals surface area (Å²) in [5.41, 5.74) is 6.57. The molecule has 1 unspecified atom stereocenters. The van der Waals surface area contributed by atoms with E-state index in [2.05, 4.69) is 4.98 Å². The Morgan fingerprint density at radius 2 is 2.11 bits per heavy atom. The fourth-order valence-corrected chi connectivity index (χ4v) is 2.53. The molecule has 2 rings (SSSR count). The van der Waals surface area contributed by atoms with Crippen molar-refractivity contribution in [3.05, 3.63) is 29.0 Å². The Bertz CT molecular complexity index is 404. The number of hydrogen-bond acceptors (Lipinski definition) is 3. The third kappa shape index (κ3) is 2.96. The molecule has 1 aliphatic heterocycles. The van der Waals surface area contributed by atoms with Crippen LogP contribution < -0.4 is 5.73 Å². The van der Waals surface area contributed by atoms with Gasteiger partial charge in [-0.05, 0) is 6.07 Å². The minimum Gasteiger partial charge on any atom is -0.329 e. The first-order valence-electron chi connectivity index (χ1n) is 5.96. The van der Waals surface area contributed by atoms with Gasteiger partial charge < -0.3 is 5.73 Å². The summed E-state index contributed by atoms with van der Waals surface area (Å²) in [6.07, 6.45) is 1.35. The molecule has 0 saturated carbocycles. The number of nitrogens with zero attached hydrogens (tertiary/aromatic N) is 2. The van der Waals surface area contributed by atoms with Crippen LogP contribution in [0, 0.1) is 0 Å². The van der Waals surface area contributed by atoms with Crippen molar-refractivity contribution in [2.24, 2.45) is 5.73 Å². The van der Waals surface area contributed by atoms with Crippen LogP contribution in [0.4, 0.5) is 8.78 Å². The molecule has 100 valence electrons. The van der Waals surface area contributed by atoms with E-state index in [0.29, 0.717) is 24.8 Å². The largest absolute Gasteiger partial charge is 0.329 e. The fourth-order valence-electron chi connectivity index (χ4n) is 2.28. The summed E-state index contributed by atoms with van der Waals surface area (Å²) in [5.74, 6) is -2.55. The first-order chi connectivity index (χ1) is 8.53. The molecule has 2 heterocycles. The second-order valence-electron chi connectivity index (χ2n) is 4.53. The Balaban J connectivity index is 2.13. The van der Waals surface area contributed by atoms with E-state index in [1.807, 2.05) is 11.0 Å². The standard InChI is InChI=1S/C12H16ClF2N3/c13-11-9(2-1-5-17-11)10(8-16)18-6-3-12(14,15)4-7-18/h1-2,5,10H,3-4,6-8,16H2. The number of pyridine rings is 1. The number of piperidine rings is 1. The smallest absolute Gasteiger partial charge is 0.250 e. The molecular weight excluding hydrogens is 260 g/mol. The molecule has 0 amide bonds. The van der Waals surface area contributed by atoms with E-state index in [4.69, 9.17) is 17.3 Å². The summed E-state index contributed by atoms with van der Waals surface area (Å²) < 4.78 is 26.3. The molecule has 0 aromatic carbocycles. The summed E-state index contributed by atoms with van der Waals surface area (Å²) in [4.78, 5) is 5.97. The number of nitrogens with two attached hydrogens (primary N) is 1. The van der Waals surface area contributed by atoms with Crippen LogP contribution in [0.25, 0.3) is 0 Å². The van der Waals surface area contributed by atoms with E-state index < -0.39 is 5.92 Å². The zero-order valence-electron chi connectivity index (χ0n) is 9.95. The molecule has 0 bridgehead atoms. The Morgan fingerprint density at radius 1 is 1.44 bits per heavy atom. The molecule has 1 aromatic heterocycles. The quantitative estimate of drug-likeness (QED) is 0.862. The van der Waals surface area contributed by atoms with E-state index in [9.17, 15) is 8.78 Å². The van der Waals surface area contributed by atoms with E-state index in [-0.39, 0.29) is 18.9 Å². The number of alkyl halides is 2. The van der Waals surface area contributed by atoms with Crippen molar-refractivity contribution >= 4 is 11.6 Å². The maximum absolute atomic E-state index is 13.1. The number of rotatable bonds is 3. The molecule has 1 aromatic rings. The molecule has 1 aliphatic rings. The summed E-state index contributed by atoms with van der Waals surface area (Å²) in [6.45, 7) is 1.01. The summed E-state index contributed by atoms with van der Waals surface area (Å²) >= 11 is 6.03. The van der Waals surface area contributed by atoms with Gasteiger partial charge in [-0.1, -0.05) is 17.7 Å². The SMILES string of the molecule is NCC(c1cccnc1Cl)N1CCC(F)(F)CC1. The zero-order chi connectivity index (χ0) is 13.2. The van der Waals surface area contributed by atoms with Gasteiger partial charge in [-0.3, -0.25) is 4.90 Å². The van der Waals surface area contributed by atoms with Crippen molar-refractivity contribution in [2.45, 2.75) is 24.8 Å². The molecule has 2 N–H and O–H groups in total. The average molecular weight is 276 g/mol. The maximum atomic E-state index is 13.1. The number of likely N-dealkylation sites (tertiary alicyclic amines) is 1. The third-order valence-corrected chi connectivity index (χ3v) is 3.66. The molecule has 3 nitrogen and oxygen atoms in total. The van der Waals surface area contributed by atoms with Gasteiger partial charge in [0.25, 0.3) is 5.92 Å². The molecule has 0 spiro atoms. The second kappa shape index (κ2) is 5.47. The van der Waals surface area contributed by atoms with Gasteiger partial charge in [0.2, 0.25) is 0 Å². The van der Waals surface area contributed by atoms with Crippen molar-refractivity contribution < 1.29 is 8.78 Å². The predicted molar refractivity (Wildman–Crippen MR) is 66.8 cm³/mol. The molecule has 1 fully saturated rings. The van der Waals surface area contributed by atoms with Crippen LogP contribution >= 0.6 is 11.6 Å². The van der Waals surface area contributed by atoms with Crippen LogP contribution in [0.15, 0.2) is 18.3 Å². The lowest BCUT2D eigenvalue weighted by Gasteiger charge is -2.37. The normalized spacial score (nSPS) is 21.8. The van der Waals surface area contributed by atoms with Crippen molar-refractivity contribution in [1.82, 2.24) is 9.88 Å². The summed E-state index contributed by atoms with van der Waals surface area (Å²) in [5, 5.41) is 0.394. The molecule has 18 heavy (non-hydrogen) atoms. The number of aromatic nitrogens is 1. The minimum atomic E-state index is -2.55. The monoisotopic (exact) mass is 275 g/mol. The topological polar surface area (TPSA) is 42.1 Å². The van der Waals surface area contributed by atoms with Crippen LogP contribution in [0.3, 0.4) is 0 Å². The number of halogens is 3. The second-order valence-corrected chi connectivity index (χ2v) is 4.88. The van der Waals surface area contributed by atoms with Crippen LogP contribution in [0.2, 0.25) is 5.15 Å². The van der Waals surface area contributed by atoms with Gasteiger partial charge in [-0.2, -0.15) is 0 Å². The van der Waals surface area contributed by atoms with Crippen LogP contribution in [-0.4, -0.2) is 35.4 Å². The van der Waals surface area contributed by atoms with E-state index in [1.54, 1.807) is 12.3 Å². The Labute approximate surface area is 110 Å². The van der Waals surface area contributed by atoms with Crippen molar-refractivity contribution in [3.63, 3.8) is 0 Å². The van der Waals surface area contributed by atoms with Crippen molar-refractivity contribution in [3.8, 4) is 0 Å². The first kappa shape index (κ1) is 13.6. The lowest BCUT2D eigenvalue weighted by molar-refractivity contribution is -0.0627. The number of hydrogen-bond donors (Lipinski definition) is 1. The van der Waals surface area contributed by atoms with Gasteiger partial charge in [-0.25, -0.2) is 13.8 Å². The maximum Gasteiger partial charge on any atom is 0.250 e. The van der Waals surface area contributed by atoms with Gasteiger partial charge in [0.1, 0.15) is 5.15 Å². The van der Waals surface area contributed by atoms with E-state index >= 15 is 0 Å².